The van der Waals surface area contributed by atoms with Crippen molar-refractivity contribution in [2.75, 3.05) is 6.54 Å². The highest BCUT2D eigenvalue weighted by atomic mass is 35.5. The van der Waals surface area contributed by atoms with Crippen molar-refractivity contribution in [2.24, 2.45) is 0 Å². The van der Waals surface area contributed by atoms with Gasteiger partial charge in [-0.25, -0.2) is 0 Å². The van der Waals surface area contributed by atoms with Crippen LogP contribution in [-0.4, -0.2) is 22.9 Å². The minimum absolute atomic E-state index is 0.215. The van der Waals surface area contributed by atoms with Gasteiger partial charge in [-0.2, -0.15) is 0 Å². The summed E-state index contributed by atoms with van der Waals surface area (Å²) in [4.78, 5) is 0. The highest BCUT2D eigenvalue weighted by Crippen LogP contribution is 2.20. The molecule has 0 saturated heterocycles. The number of aliphatic hydroxyl groups excluding tert-OH is 1. The molecule has 78 valence electrons. The van der Waals surface area contributed by atoms with Gasteiger partial charge in [-0.3, -0.25) is 0 Å². The molecule has 0 unspecified atom stereocenters. The van der Waals surface area contributed by atoms with Gasteiger partial charge in [0, 0.05) is 23.7 Å². The van der Waals surface area contributed by atoms with E-state index in [2.05, 4.69) is 5.32 Å². The Morgan fingerprint density at radius 3 is 2.86 bits per heavy atom. The van der Waals surface area contributed by atoms with Gasteiger partial charge in [-0.05, 0) is 25.1 Å². The van der Waals surface area contributed by atoms with Crippen molar-refractivity contribution in [3.63, 3.8) is 0 Å². The lowest BCUT2D eigenvalue weighted by molar-refractivity contribution is 0.191. The van der Waals surface area contributed by atoms with E-state index < -0.39 is 6.10 Å². The van der Waals surface area contributed by atoms with Gasteiger partial charge in [0.25, 0.3) is 0 Å². The zero-order chi connectivity index (χ0) is 10.6. The van der Waals surface area contributed by atoms with Crippen LogP contribution in [0.3, 0.4) is 0 Å². The third kappa shape index (κ3) is 3.54. The molecule has 1 rings (SSSR count). The molecule has 0 spiro atoms. The minimum atomic E-state index is -0.392. The molecule has 4 heteroatoms. The standard InChI is InChI=1S/C10H14ClNO2/c1-7(13)5-12-6-8-4-9(11)2-3-10(8)14/h2-4,7,12-14H,5-6H2,1H3/t7-/m0/s1. The van der Waals surface area contributed by atoms with E-state index in [-0.39, 0.29) is 5.75 Å². The monoisotopic (exact) mass is 215 g/mol. The lowest BCUT2D eigenvalue weighted by atomic mass is 10.2. The molecule has 1 atom stereocenters. The minimum Gasteiger partial charge on any atom is -0.508 e. The predicted octanol–water partition coefficient (Wildman–Crippen LogP) is 1.52. The molecule has 0 aliphatic rings. The lowest BCUT2D eigenvalue weighted by Gasteiger charge is -2.08. The first-order valence-corrected chi connectivity index (χ1v) is 4.83. The Morgan fingerprint density at radius 2 is 2.21 bits per heavy atom. The van der Waals surface area contributed by atoms with Crippen LogP contribution in [0.25, 0.3) is 0 Å². The van der Waals surface area contributed by atoms with E-state index >= 15 is 0 Å². The van der Waals surface area contributed by atoms with E-state index in [9.17, 15) is 5.11 Å². The molecule has 14 heavy (non-hydrogen) atoms. The van der Waals surface area contributed by atoms with Crippen LogP contribution in [0.4, 0.5) is 0 Å². The fourth-order valence-electron chi connectivity index (χ4n) is 1.11. The highest BCUT2D eigenvalue weighted by molar-refractivity contribution is 6.30. The molecule has 3 nitrogen and oxygen atoms in total. The SMILES string of the molecule is C[C@H](O)CNCc1cc(Cl)ccc1O. The number of halogens is 1. The van der Waals surface area contributed by atoms with Gasteiger partial charge < -0.3 is 15.5 Å². The van der Waals surface area contributed by atoms with Crippen LogP contribution in [0.15, 0.2) is 18.2 Å². The molecule has 0 heterocycles. The van der Waals surface area contributed by atoms with Crippen LogP contribution in [0.2, 0.25) is 5.02 Å². The predicted molar refractivity (Wildman–Crippen MR) is 56.5 cm³/mol. The van der Waals surface area contributed by atoms with Gasteiger partial charge >= 0.3 is 0 Å². The molecule has 0 bridgehead atoms. The van der Waals surface area contributed by atoms with Gasteiger partial charge in [-0.15, -0.1) is 0 Å². The summed E-state index contributed by atoms with van der Waals surface area (Å²) >= 11 is 5.77. The fraction of sp³-hybridized carbons (Fsp3) is 0.400. The van der Waals surface area contributed by atoms with Crippen LogP contribution in [-0.2, 0) is 6.54 Å². The van der Waals surface area contributed by atoms with E-state index in [1.807, 2.05) is 0 Å². The number of benzene rings is 1. The number of phenols is 1. The Morgan fingerprint density at radius 1 is 1.50 bits per heavy atom. The number of nitrogens with one attached hydrogen (secondary N) is 1. The molecular formula is C10H14ClNO2. The van der Waals surface area contributed by atoms with Gasteiger partial charge in [0.15, 0.2) is 0 Å². The Bertz CT molecular complexity index is 302. The molecule has 0 aromatic heterocycles. The second-order valence-corrected chi connectivity index (χ2v) is 3.69. The van der Waals surface area contributed by atoms with Crippen molar-refractivity contribution in [3.8, 4) is 5.75 Å². The molecule has 0 radical (unpaired) electrons. The molecule has 0 saturated carbocycles. The molecule has 0 fully saturated rings. The van der Waals surface area contributed by atoms with Crippen LogP contribution < -0.4 is 5.32 Å². The number of aromatic hydroxyl groups is 1. The molecule has 1 aromatic rings. The summed E-state index contributed by atoms with van der Waals surface area (Å²) in [6.45, 7) is 2.69. The molecule has 0 amide bonds. The van der Waals surface area contributed by atoms with E-state index in [4.69, 9.17) is 16.7 Å². The molecular weight excluding hydrogens is 202 g/mol. The van der Waals surface area contributed by atoms with Crippen molar-refractivity contribution >= 4 is 11.6 Å². The van der Waals surface area contributed by atoms with Crippen molar-refractivity contribution in [1.82, 2.24) is 5.32 Å². The second kappa shape index (κ2) is 5.20. The third-order valence-corrected chi connectivity index (χ3v) is 2.03. The largest absolute Gasteiger partial charge is 0.508 e. The Hall–Kier alpha value is -0.770. The first-order valence-electron chi connectivity index (χ1n) is 4.46. The maximum absolute atomic E-state index is 9.44. The van der Waals surface area contributed by atoms with Crippen LogP contribution >= 0.6 is 11.6 Å². The zero-order valence-electron chi connectivity index (χ0n) is 8.00. The average molecular weight is 216 g/mol. The maximum atomic E-state index is 9.44. The number of phenolic OH excluding ortho intramolecular Hbond substituents is 1. The van der Waals surface area contributed by atoms with Gasteiger partial charge in [0.2, 0.25) is 0 Å². The summed E-state index contributed by atoms with van der Waals surface area (Å²) < 4.78 is 0. The Labute approximate surface area is 88.3 Å². The number of hydrogen-bond donors (Lipinski definition) is 3. The average Bonchev–Trinajstić information content (AvgIpc) is 2.10. The topological polar surface area (TPSA) is 52.5 Å². The fourth-order valence-corrected chi connectivity index (χ4v) is 1.31. The first kappa shape index (κ1) is 11.3. The summed E-state index contributed by atoms with van der Waals surface area (Å²) in [6.07, 6.45) is -0.392. The maximum Gasteiger partial charge on any atom is 0.120 e. The summed E-state index contributed by atoms with van der Waals surface area (Å²) in [5, 5.41) is 22.0. The van der Waals surface area contributed by atoms with Gasteiger partial charge in [0.05, 0.1) is 6.10 Å². The summed E-state index contributed by atoms with van der Waals surface area (Å²) in [5.74, 6) is 0.215. The lowest BCUT2D eigenvalue weighted by Crippen LogP contribution is -2.23. The summed E-state index contributed by atoms with van der Waals surface area (Å²) in [5.41, 5.74) is 0.734. The number of aliphatic hydroxyl groups is 1. The third-order valence-electron chi connectivity index (χ3n) is 1.80. The molecule has 0 aliphatic carbocycles. The number of hydrogen-bond acceptors (Lipinski definition) is 3. The normalized spacial score (nSPS) is 12.8. The van der Waals surface area contributed by atoms with E-state index in [0.717, 1.165) is 5.56 Å². The van der Waals surface area contributed by atoms with E-state index in [1.54, 1.807) is 25.1 Å². The van der Waals surface area contributed by atoms with E-state index in [0.29, 0.717) is 18.1 Å². The van der Waals surface area contributed by atoms with E-state index in [1.165, 1.54) is 0 Å². The summed E-state index contributed by atoms with van der Waals surface area (Å²) in [7, 11) is 0. The van der Waals surface area contributed by atoms with Crippen LogP contribution in [0.5, 0.6) is 5.75 Å². The van der Waals surface area contributed by atoms with Crippen molar-refractivity contribution in [2.45, 2.75) is 19.6 Å². The van der Waals surface area contributed by atoms with Crippen LogP contribution in [0, 0.1) is 0 Å². The highest BCUT2D eigenvalue weighted by Gasteiger charge is 2.02. The molecule has 0 aliphatic heterocycles. The van der Waals surface area contributed by atoms with Crippen LogP contribution in [0.1, 0.15) is 12.5 Å². The van der Waals surface area contributed by atoms with Crippen molar-refractivity contribution in [3.05, 3.63) is 28.8 Å². The van der Waals surface area contributed by atoms with Gasteiger partial charge in [0.1, 0.15) is 5.75 Å². The Kier molecular flexibility index (Phi) is 4.20. The van der Waals surface area contributed by atoms with Crippen molar-refractivity contribution < 1.29 is 10.2 Å². The zero-order valence-corrected chi connectivity index (χ0v) is 8.75. The smallest absolute Gasteiger partial charge is 0.120 e. The van der Waals surface area contributed by atoms with Gasteiger partial charge in [-0.1, -0.05) is 11.6 Å². The second-order valence-electron chi connectivity index (χ2n) is 3.25. The number of rotatable bonds is 4. The summed E-state index contributed by atoms with van der Waals surface area (Å²) in [6, 6.07) is 4.89. The molecule has 3 N–H and O–H groups in total. The van der Waals surface area contributed by atoms with Crippen molar-refractivity contribution in [1.29, 1.82) is 0 Å². The quantitative estimate of drug-likeness (QED) is 0.714. The molecule has 1 aromatic carbocycles. The first-order chi connectivity index (χ1) is 6.59. The Balaban J connectivity index is 2.53.